The van der Waals surface area contributed by atoms with Gasteiger partial charge in [0.05, 0.1) is 18.2 Å². The molecular formula is C21H21NO3. The van der Waals surface area contributed by atoms with Crippen LogP contribution in [0.15, 0.2) is 54.7 Å². The Labute approximate surface area is 147 Å². The van der Waals surface area contributed by atoms with Gasteiger partial charge in [-0.15, -0.1) is 0 Å². The SMILES string of the molecule is COC(=O)c1cn(C(=O)c2ccc(C(C)(C)C)cc2)c2ccccc12. The molecule has 0 aliphatic heterocycles. The van der Waals surface area contributed by atoms with E-state index in [1.54, 1.807) is 6.20 Å². The quantitative estimate of drug-likeness (QED) is 0.652. The summed E-state index contributed by atoms with van der Waals surface area (Å²) in [5.41, 5.74) is 2.84. The molecule has 0 N–H and O–H groups in total. The number of carbonyl (C=O) groups excluding carboxylic acids is 2. The topological polar surface area (TPSA) is 48.3 Å². The molecule has 3 rings (SSSR count). The Kier molecular flexibility index (Phi) is 4.21. The van der Waals surface area contributed by atoms with E-state index in [0.717, 1.165) is 5.56 Å². The molecule has 1 aromatic heterocycles. The van der Waals surface area contributed by atoms with Crippen LogP contribution in [0.3, 0.4) is 0 Å². The molecule has 0 radical (unpaired) electrons. The summed E-state index contributed by atoms with van der Waals surface area (Å²) in [5, 5.41) is 0.703. The molecule has 3 aromatic rings. The molecule has 1 heterocycles. The van der Waals surface area contributed by atoms with E-state index < -0.39 is 5.97 Å². The second-order valence-electron chi connectivity index (χ2n) is 7.05. The molecule has 4 heteroatoms. The van der Waals surface area contributed by atoms with E-state index in [1.165, 1.54) is 11.7 Å². The summed E-state index contributed by atoms with van der Waals surface area (Å²) in [7, 11) is 1.33. The van der Waals surface area contributed by atoms with Gasteiger partial charge in [0.1, 0.15) is 0 Å². The average molecular weight is 335 g/mol. The fraction of sp³-hybridized carbons (Fsp3) is 0.238. The van der Waals surface area contributed by atoms with Gasteiger partial charge >= 0.3 is 5.97 Å². The van der Waals surface area contributed by atoms with Gasteiger partial charge in [-0.3, -0.25) is 9.36 Å². The lowest BCUT2D eigenvalue weighted by Crippen LogP contribution is -2.14. The predicted octanol–water partition coefficient (Wildman–Crippen LogP) is 4.41. The largest absolute Gasteiger partial charge is 0.465 e. The van der Waals surface area contributed by atoms with Gasteiger partial charge in [-0.2, -0.15) is 0 Å². The van der Waals surface area contributed by atoms with Crippen LogP contribution in [0.4, 0.5) is 0 Å². The number of benzene rings is 2. The van der Waals surface area contributed by atoms with Gasteiger partial charge in [-0.1, -0.05) is 51.1 Å². The fourth-order valence-corrected chi connectivity index (χ4v) is 2.87. The van der Waals surface area contributed by atoms with Crippen molar-refractivity contribution in [2.45, 2.75) is 26.2 Å². The number of nitrogens with zero attached hydrogens (tertiary/aromatic N) is 1. The lowest BCUT2D eigenvalue weighted by Gasteiger charge is -2.19. The van der Waals surface area contributed by atoms with Crippen LogP contribution in [-0.2, 0) is 10.2 Å². The van der Waals surface area contributed by atoms with E-state index in [-0.39, 0.29) is 11.3 Å². The zero-order chi connectivity index (χ0) is 18.2. The first-order valence-corrected chi connectivity index (χ1v) is 8.16. The highest BCUT2D eigenvalue weighted by Crippen LogP contribution is 2.25. The van der Waals surface area contributed by atoms with Crippen molar-refractivity contribution in [3.63, 3.8) is 0 Å². The molecule has 0 unspecified atom stereocenters. The monoisotopic (exact) mass is 335 g/mol. The van der Waals surface area contributed by atoms with Crippen LogP contribution in [0, 0.1) is 0 Å². The van der Waals surface area contributed by atoms with Crippen molar-refractivity contribution in [3.05, 3.63) is 71.4 Å². The summed E-state index contributed by atoms with van der Waals surface area (Å²) in [6.07, 6.45) is 1.55. The maximum absolute atomic E-state index is 13.0. The summed E-state index contributed by atoms with van der Waals surface area (Å²) in [6, 6.07) is 14.9. The van der Waals surface area contributed by atoms with Gasteiger partial charge in [0.15, 0.2) is 0 Å². The second kappa shape index (κ2) is 6.20. The summed E-state index contributed by atoms with van der Waals surface area (Å²) in [6.45, 7) is 6.39. The number of aromatic nitrogens is 1. The van der Waals surface area contributed by atoms with Crippen LogP contribution in [0.1, 0.15) is 47.1 Å². The highest BCUT2D eigenvalue weighted by molar-refractivity contribution is 6.09. The minimum absolute atomic E-state index is 0.0276. The molecule has 4 nitrogen and oxygen atoms in total. The van der Waals surface area contributed by atoms with E-state index in [2.05, 4.69) is 20.8 Å². The molecule has 0 atom stereocenters. The smallest absolute Gasteiger partial charge is 0.340 e. The zero-order valence-corrected chi connectivity index (χ0v) is 14.9. The van der Waals surface area contributed by atoms with Gasteiger partial charge in [0.2, 0.25) is 0 Å². The molecule has 0 bridgehead atoms. The average Bonchev–Trinajstić information content (AvgIpc) is 2.99. The van der Waals surface area contributed by atoms with E-state index in [0.29, 0.717) is 22.0 Å². The first-order valence-electron chi connectivity index (χ1n) is 8.16. The molecule has 0 aliphatic carbocycles. The lowest BCUT2D eigenvalue weighted by atomic mass is 9.87. The molecule has 0 saturated carbocycles. The maximum atomic E-state index is 13.0. The van der Waals surface area contributed by atoms with Gasteiger partial charge in [-0.25, -0.2) is 4.79 Å². The first-order chi connectivity index (χ1) is 11.8. The van der Waals surface area contributed by atoms with Crippen LogP contribution >= 0.6 is 0 Å². The van der Waals surface area contributed by atoms with Gasteiger partial charge in [0.25, 0.3) is 5.91 Å². The molecule has 25 heavy (non-hydrogen) atoms. The summed E-state index contributed by atoms with van der Waals surface area (Å²) >= 11 is 0. The Morgan fingerprint density at radius 1 is 0.960 bits per heavy atom. The van der Waals surface area contributed by atoms with Crippen LogP contribution in [-0.4, -0.2) is 23.6 Å². The van der Waals surface area contributed by atoms with Crippen LogP contribution in [0.25, 0.3) is 10.9 Å². The predicted molar refractivity (Wildman–Crippen MR) is 98.1 cm³/mol. The third-order valence-corrected chi connectivity index (χ3v) is 4.33. The summed E-state index contributed by atoms with van der Waals surface area (Å²) in [5.74, 6) is -0.627. The number of hydrogen-bond donors (Lipinski definition) is 0. The van der Waals surface area contributed by atoms with Gasteiger partial charge in [0, 0.05) is 17.1 Å². The van der Waals surface area contributed by atoms with Crippen LogP contribution in [0.5, 0.6) is 0 Å². The van der Waals surface area contributed by atoms with Crippen LogP contribution in [0.2, 0.25) is 0 Å². The van der Waals surface area contributed by atoms with E-state index >= 15 is 0 Å². The summed E-state index contributed by atoms with van der Waals surface area (Å²) in [4.78, 5) is 25.0. The Balaban J connectivity index is 2.07. The Hall–Kier alpha value is -2.88. The minimum Gasteiger partial charge on any atom is -0.465 e. The lowest BCUT2D eigenvalue weighted by molar-refractivity contribution is 0.0603. The summed E-state index contributed by atoms with van der Waals surface area (Å²) < 4.78 is 6.34. The number of esters is 1. The van der Waals surface area contributed by atoms with Crippen molar-refractivity contribution in [1.29, 1.82) is 0 Å². The minimum atomic E-state index is -0.453. The zero-order valence-electron chi connectivity index (χ0n) is 14.9. The number of rotatable bonds is 2. The third-order valence-electron chi connectivity index (χ3n) is 4.33. The van der Waals surface area contributed by atoms with Crippen LogP contribution < -0.4 is 0 Å². The van der Waals surface area contributed by atoms with Crippen molar-refractivity contribution in [1.82, 2.24) is 4.57 Å². The molecule has 128 valence electrons. The second-order valence-corrected chi connectivity index (χ2v) is 7.05. The molecular weight excluding hydrogens is 314 g/mol. The Morgan fingerprint density at radius 3 is 2.20 bits per heavy atom. The van der Waals surface area contributed by atoms with Crippen molar-refractivity contribution >= 4 is 22.8 Å². The molecule has 0 spiro atoms. The Bertz CT molecular complexity index is 943. The maximum Gasteiger partial charge on any atom is 0.340 e. The van der Waals surface area contributed by atoms with Crippen molar-refractivity contribution in [2.24, 2.45) is 0 Å². The number of para-hydroxylation sites is 1. The van der Waals surface area contributed by atoms with E-state index in [9.17, 15) is 9.59 Å². The van der Waals surface area contributed by atoms with Crippen molar-refractivity contribution < 1.29 is 14.3 Å². The van der Waals surface area contributed by atoms with Crippen molar-refractivity contribution in [2.75, 3.05) is 7.11 Å². The van der Waals surface area contributed by atoms with E-state index in [4.69, 9.17) is 4.74 Å². The number of fused-ring (bicyclic) bond motifs is 1. The molecule has 2 aromatic carbocycles. The molecule has 0 saturated heterocycles. The van der Waals surface area contributed by atoms with E-state index in [1.807, 2.05) is 48.5 Å². The molecule has 0 fully saturated rings. The fourth-order valence-electron chi connectivity index (χ4n) is 2.87. The highest BCUT2D eigenvalue weighted by Gasteiger charge is 2.20. The highest BCUT2D eigenvalue weighted by atomic mass is 16.5. The number of hydrogen-bond acceptors (Lipinski definition) is 3. The normalized spacial score (nSPS) is 11.5. The number of methoxy groups -OCH3 is 1. The molecule has 0 amide bonds. The van der Waals surface area contributed by atoms with Gasteiger partial charge in [-0.05, 0) is 29.2 Å². The molecule has 0 aliphatic rings. The number of ether oxygens (including phenoxy) is 1. The van der Waals surface area contributed by atoms with Crippen molar-refractivity contribution in [3.8, 4) is 0 Å². The standard InChI is InChI=1S/C21H21NO3/c1-21(2,3)15-11-9-14(10-12-15)19(23)22-13-17(20(24)25-4)16-7-5-6-8-18(16)22/h5-13H,1-4H3. The number of carbonyl (C=O) groups is 2. The Morgan fingerprint density at radius 2 is 1.60 bits per heavy atom. The first kappa shape index (κ1) is 17.0. The third kappa shape index (κ3) is 3.07. The van der Waals surface area contributed by atoms with Gasteiger partial charge < -0.3 is 4.74 Å².